The van der Waals surface area contributed by atoms with Gasteiger partial charge in [0, 0.05) is 4.88 Å². The van der Waals surface area contributed by atoms with E-state index in [2.05, 4.69) is 22.3 Å². The third kappa shape index (κ3) is 1.17. The molecule has 0 N–H and O–H groups in total. The number of halogens is 1. The number of rotatable bonds is 1. The quantitative estimate of drug-likeness (QED) is 0.708. The van der Waals surface area contributed by atoms with Crippen LogP contribution in [-0.2, 0) is 6.42 Å². The summed E-state index contributed by atoms with van der Waals surface area (Å²) in [7, 11) is 0. The first-order valence-electron chi connectivity index (χ1n) is 3.58. The molecule has 0 aliphatic carbocycles. The van der Waals surface area contributed by atoms with Gasteiger partial charge in [-0.25, -0.2) is 0 Å². The minimum Gasteiger partial charge on any atom is -0.119 e. The van der Waals surface area contributed by atoms with E-state index in [0.717, 1.165) is 16.6 Å². The first-order chi connectivity index (χ1) is 5.81. The number of hydrogen-bond acceptors (Lipinski definition) is 4. The second kappa shape index (κ2) is 2.95. The fourth-order valence-electron chi connectivity index (χ4n) is 0.984. The average Bonchev–Trinajstić information content (AvgIpc) is 2.49. The van der Waals surface area contributed by atoms with Gasteiger partial charge in [-0.2, -0.15) is 0 Å². The standard InChI is InChI=1S/C7H6ClN3S/c1-2-4-3-5-6(8)9-11-10-7(5)12-4/h3H,2H2,1H3. The van der Waals surface area contributed by atoms with Crippen molar-refractivity contribution in [3.05, 3.63) is 16.1 Å². The molecule has 0 bridgehead atoms. The maximum atomic E-state index is 5.82. The summed E-state index contributed by atoms with van der Waals surface area (Å²) < 4.78 is 0. The van der Waals surface area contributed by atoms with E-state index < -0.39 is 0 Å². The molecule has 5 heteroatoms. The molecule has 0 radical (unpaired) electrons. The van der Waals surface area contributed by atoms with Crippen molar-refractivity contribution in [1.82, 2.24) is 15.4 Å². The van der Waals surface area contributed by atoms with Crippen molar-refractivity contribution >= 4 is 33.2 Å². The summed E-state index contributed by atoms with van der Waals surface area (Å²) in [6.45, 7) is 2.10. The van der Waals surface area contributed by atoms with Crippen LogP contribution < -0.4 is 0 Å². The Bertz CT molecular complexity index is 412. The summed E-state index contributed by atoms with van der Waals surface area (Å²) in [5.41, 5.74) is 0. The predicted octanol–water partition coefficient (Wildman–Crippen LogP) is 2.30. The molecule has 3 nitrogen and oxygen atoms in total. The zero-order valence-electron chi connectivity index (χ0n) is 6.41. The molecule has 0 fully saturated rings. The molecule has 0 aliphatic rings. The highest BCUT2D eigenvalue weighted by molar-refractivity contribution is 7.18. The molecule has 2 aromatic heterocycles. The van der Waals surface area contributed by atoms with E-state index in [0.29, 0.717) is 5.15 Å². The lowest BCUT2D eigenvalue weighted by Gasteiger charge is -1.85. The lowest BCUT2D eigenvalue weighted by Crippen LogP contribution is -1.84. The topological polar surface area (TPSA) is 38.7 Å². The highest BCUT2D eigenvalue weighted by atomic mass is 35.5. The molecule has 2 heterocycles. The Morgan fingerprint density at radius 2 is 2.33 bits per heavy atom. The largest absolute Gasteiger partial charge is 0.163 e. The van der Waals surface area contributed by atoms with Crippen LogP contribution in [0.15, 0.2) is 6.07 Å². The smallest absolute Gasteiger partial charge is 0.119 e. The monoisotopic (exact) mass is 199 g/mol. The molecule has 0 aromatic carbocycles. The number of thiophene rings is 1. The summed E-state index contributed by atoms with van der Waals surface area (Å²) in [5.74, 6) is 0. The van der Waals surface area contributed by atoms with Crippen molar-refractivity contribution < 1.29 is 0 Å². The SMILES string of the molecule is CCc1cc2c(Cl)nnnc2s1. The molecule has 0 spiro atoms. The van der Waals surface area contributed by atoms with Crippen molar-refractivity contribution in [3.8, 4) is 0 Å². The maximum absolute atomic E-state index is 5.82. The number of aromatic nitrogens is 3. The van der Waals surface area contributed by atoms with E-state index >= 15 is 0 Å². The Balaban J connectivity index is 2.74. The fraction of sp³-hybridized carbons (Fsp3) is 0.286. The fourth-order valence-corrected chi connectivity index (χ4v) is 2.13. The van der Waals surface area contributed by atoms with Gasteiger partial charge < -0.3 is 0 Å². The molecule has 0 saturated heterocycles. The van der Waals surface area contributed by atoms with Gasteiger partial charge in [-0.1, -0.05) is 18.5 Å². The van der Waals surface area contributed by atoms with Crippen LogP contribution in [0.25, 0.3) is 10.2 Å². The van der Waals surface area contributed by atoms with Crippen molar-refractivity contribution in [2.24, 2.45) is 0 Å². The molecule has 0 unspecified atom stereocenters. The van der Waals surface area contributed by atoms with Gasteiger partial charge in [0.25, 0.3) is 0 Å². The predicted molar refractivity (Wildman–Crippen MR) is 49.6 cm³/mol. The highest BCUT2D eigenvalue weighted by Gasteiger charge is 2.05. The molecule has 0 atom stereocenters. The molecule has 2 rings (SSSR count). The maximum Gasteiger partial charge on any atom is 0.163 e. The summed E-state index contributed by atoms with van der Waals surface area (Å²) >= 11 is 7.43. The Labute approximate surface area is 78.4 Å². The Morgan fingerprint density at radius 3 is 3.00 bits per heavy atom. The van der Waals surface area contributed by atoms with Crippen LogP contribution in [0, 0.1) is 0 Å². The van der Waals surface area contributed by atoms with Crippen molar-refractivity contribution in [2.45, 2.75) is 13.3 Å². The van der Waals surface area contributed by atoms with E-state index in [1.807, 2.05) is 6.07 Å². The zero-order chi connectivity index (χ0) is 8.55. The lowest BCUT2D eigenvalue weighted by atomic mass is 10.3. The van der Waals surface area contributed by atoms with Crippen LogP contribution in [-0.4, -0.2) is 15.4 Å². The van der Waals surface area contributed by atoms with E-state index in [9.17, 15) is 0 Å². The summed E-state index contributed by atoms with van der Waals surface area (Å²) in [6, 6.07) is 2.02. The Morgan fingerprint density at radius 1 is 1.50 bits per heavy atom. The summed E-state index contributed by atoms with van der Waals surface area (Å²) in [6.07, 6.45) is 0.997. The van der Waals surface area contributed by atoms with Crippen LogP contribution in [0.4, 0.5) is 0 Å². The van der Waals surface area contributed by atoms with Gasteiger partial charge in [-0.3, -0.25) is 0 Å². The average molecular weight is 200 g/mol. The minimum atomic E-state index is 0.441. The van der Waals surface area contributed by atoms with Gasteiger partial charge in [-0.05, 0) is 17.7 Å². The molecule has 0 aliphatic heterocycles. The summed E-state index contributed by atoms with van der Waals surface area (Å²) in [4.78, 5) is 2.13. The molecule has 12 heavy (non-hydrogen) atoms. The van der Waals surface area contributed by atoms with Crippen molar-refractivity contribution in [1.29, 1.82) is 0 Å². The number of fused-ring (bicyclic) bond motifs is 1. The normalized spacial score (nSPS) is 10.8. The number of nitrogens with zero attached hydrogens (tertiary/aromatic N) is 3. The van der Waals surface area contributed by atoms with Crippen molar-refractivity contribution in [2.75, 3.05) is 0 Å². The Kier molecular flexibility index (Phi) is 1.94. The first-order valence-corrected chi connectivity index (χ1v) is 4.78. The number of aryl methyl sites for hydroxylation is 1. The third-order valence-corrected chi connectivity index (χ3v) is 3.05. The van der Waals surface area contributed by atoms with E-state index in [1.165, 1.54) is 4.88 Å². The van der Waals surface area contributed by atoms with Gasteiger partial charge in [0.1, 0.15) is 0 Å². The number of hydrogen-bond donors (Lipinski definition) is 0. The summed E-state index contributed by atoms with van der Waals surface area (Å²) in [5, 5.41) is 12.4. The first kappa shape index (κ1) is 7.89. The van der Waals surface area contributed by atoms with Crippen LogP contribution in [0.2, 0.25) is 5.15 Å². The molecule has 0 saturated carbocycles. The van der Waals surface area contributed by atoms with Gasteiger partial charge in [0.05, 0.1) is 5.39 Å². The zero-order valence-corrected chi connectivity index (χ0v) is 7.98. The lowest BCUT2D eigenvalue weighted by molar-refractivity contribution is 0.901. The Hall–Kier alpha value is -0.740. The molecular weight excluding hydrogens is 194 g/mol. The van der Waals surface area contributed by atoms with Gasteiger partial charge in [0.2, 0.25) is 0 Å². The van der Waals surface area contributed by atoms with Gasteiger partial charge >= 0.3 is 0 Å². The van der Waals surface area contributed by atoms with E-state index in [-0.39, 0.29) is 0 Å². The second-order valence-electron chi connectivity index (χ2n) is 2.37. The minimum absolute atomic E-state index is 0.441. The van der Waals surface area contributed by atoms with Crippen LogP contribution in [0.5, 0.6) is 0 Å². The van der Waals surface area contributed by atoms with Crippen LogP contribution >= 0.6 is 22.9 Å². The third-order valence-electron chi connectivity index (χ3n) is 1.60. The molecular formula is C7H6ClN3S. The second-order valence-corrected chi connectivity index (χ2v) is 3.84. The van der Waals surface area contributed by atoms with Crippen molar-refractivity contribution in [3.63, 3.8) is 0 Å². The van der Waals surface area contributed by atoms with E-state index in [4.69, 9.17) is 11.6 Å². The van der Waals surface area contributed by atoms with Crippen LogP contribution in [0.1, 0.15) is 11.8 Å². The molecule has 2 aromatic rings. The van der Waals surface area contributed by atoms with Gasteiger partial charge in [0.15, 0.2) is 9.98 Å². The van der Waals surface area contributed by atoms with Gasteiger partial charge in [-0.15, -0.1) is 21.5 Å². The molecule has 62 valence electrons. The highest BCUT2D eigenvalue weighted by Crippen LogP contribution is 2.27. The van der Waals surface area contributed by atoms with E-state index in [1.54, 1.807) is 11.3 Å². The molecule has 0 amide bonds. The van der Waals surface area contributed by atoms with Crippen LogP contribution in [0.3, 0.4) is 0 Å².